The lowest BCUT2D eigenvalue weighted by atomic mass is 9.90. The summed E-state index contributed by atoms with van der Waals surface area (Å²) >= 11 is 3.37. The van der Waals surface area contributed by atoms with Gasteiger partial charge in [0.2, 0.25) is 0 Å². The largest absolute Gasteiger partial charge is 0.506 e. The Bertz CT molecular complexity index is 337. The van der Waals surface area contributed by atoms with Gasteiger partial charge in [-0.25, -0.2) is 0 Å². The van der Waals surface area contributed by atoms with Crippen LogP contribution in [-0.4, -0.2) is 11.7 Å². The second kappa shape index (κ2) is 4.99. The quantitative estimate of drug-likeness (QED) is 0.887. The molecule has 1 aromatic rings. The van der Waals surface area contributed by atoms with Gasteiger partial charge in [-0.05, 0) is 65.9 Å². The second-order valence-electron chi connectivity index (χ2n) is 4.04. The molecule has 1 unspecified atom stereocenters. The molecule has 84 valence electrons. The van der Waals surface area contributed by atoms with E-state index in [1.165, 1.54) is 5.56 Å². The number of phenols is 1. The molecule has 3 N–H and O–H groups in total. The summed E-state index contributed by atoms with van der Waals surface area (Å²) in [7, 11) is 0. The van der Waals surface area contributed by atoms with Crippen LogP contribution >= 0.6 is 15.9 Å². The summed E-state index contributed by atoms with van der Waals surface area (Å²) in [5.74, 6) is 0.658. The molecule has 15 heavy (non-hydrogen) atoms. The molecular weight excluding hydrogens is 254 g/mol. The first-order valence-electron chi connectivity index (χ1n) is 5.17. The lowest BCUT2D eigenvalue weighted by Gasteiger charge is -2.18. The van der Waals surface area contributed by atoms with Crippen molar-refractivity contribution < 1.29 is 5.11 Å². The minimum Gasteiger partial charge on any atom is -0.506 e. The molecule has 1 rings (SSSR count). The van der Waals surface area contributed by atoms with Crippen LogP contribution < -0.4 is 5.73 Å². The van der Waals surface area contributed by atoms with Crippen molar-refractivity contribution in [1.82, 2.24) is 0 Å². The van der Waals surface area contributed by atoms with Crippen LogP contribution in [-0.2, 0) is 0 Å². The lowest BCUT2D eigenvalue weighted by Crippen LogP contribution is -2.07. The third-order valence-corrected chi connectivity index (χ3v) is 3.52. The average molecular weight is 272 g/mol. The van der Waals surface area contributed by atoms with Gasteiger partial charge in [0.05, 0.1) is 4.47 Å². The SMILES string of the molecule is Cc1cc(Br)c(O)c(C(C)CCN)c1C. The molecule has 0 fully saturated rings. The van der Waals surface area contributed by atoms with Crippen molar-refractivity contribution in [3.63, 3.8) is 0 Å². The van der Waals surface area contributed by atoms with E-state index in [0.29, 0.717) is 18.2 Å². The highest BCUT2D eigenvalue weighted by Gasteiger charge is 2.16. The summed E-state index contributed by atoms with van der Waals surface area (Å²) in [6.45, 7) is 6.84. The Labute approximate surface area is 99.6 Å². The van der Waals surface area contributed by atoms with E-state index in [9.17, 15) is 5.11 Å². The maximum atomic E-state index is 10.0. The summed E-state index contributed by atoms with van der Waals surface area (Å²) < 4.78 is 0.768. The van der Waals surface area contributed by atoms with Gasteiger partial charge in [-0.15, -0.1) is 0 Å². The fourth-order valence-corrected chi connectivity index (χ4v) is 2.44. The molecule has 0 radical (unpaired) electrons. The Morgan fingerprint density at radius 1 is 1.47 bits per heavy atom. The molecule has 1 aromatic carbocycles. The number of hydrogen-bond donors (Lipinski definition) is 2. The van der Waals surface area contributed by atoms with Gasteiger partial charge in [0.15, 0.2) is 0 Å². The van der Waals surface area contributed by atoms with Gasteiger partial charge in [0.1, 0.15) is 5.75 Å². The number of benzene rings is 1. The van der Waals surface area contributed by atoms with Crippen molar-refractivity contribution in [2.75, 3.05) is 6.54 Å². The average Bonchev–Trinajstić information content (AvgIpc) is 2.16. The molecule has 1 atom stereocenters. The number of halogens is 1. The molecular formula is C12H18BrNO. The fourth-order valence-electron chi connectivity index (χ4n) is 1.88. The van der Waals surface area contributed by atoms with Crippen LogP contribution in [0.4, 0.5) is 0 Å². The van der Waals surface area contributed by atoms with Crippen molar-refractivity contribution in [1.29, 1.82) is 0 Å². The van der Waals surface area contributed by atoms with Gasteiger partial charge in [-0.2, -0.15) is 0 Å². The van der Waals surface area contributed by atoms with E-state index in [1.807, 2.05) is 13.0 Å². The Morgan fingerprint density at radius 3 is 2.60 bits per heavy atom. The van der Waals surface area contributed by atoms with Gasteiger partial charge >= 0.3 is 0 Å². The predicted molar refractivity (Wildman–Crippen MR) is 67.4 cm³/mol. The van der Waals surface area contributed by atoms with Crippen LogP contribution in [0.15, 0.2) is 10.5 Å². The highest BCUT2D eigenvalue weighted by molar-refractivity contribution is 9.10. The van der Waals surface area contributed by atoms with Gasteiger partial charge in [-0.1, -0.05) is 6.92 Å². The molecule has 0 aliphatic heterocycles. The van der Waals surface area contributed by atoms with E-state index >= 15 is 0 Å². The van der Waals surface area contributed by atoms with Crippen LogP contribution in [0.2, 0.25) is 0 Å². The number of phenolic OH excluding ortho intramolecular Hbond substituents is 1. The second-order valence-corrected chi connectivity index (χ2v) is 4.90. The number of aryl methyl sites for hydroxylation is 1. The van der Waals surface area contributed by atoms with E-state index < -0.39 is 0 Å². The highest BCUT2D eigenvalue weighted by atomic mass is 79.9. The highest BCUT2D eigenvalue weighted by Crippen LogP contribution is 2.38. The monoisotopic (exact) mass is 271 g/mol. The summed E-state index contributed by atoms with van der Waals surface area (Å²) in [5, 5.41) is 10.0. The first kappa shape index (κ1) is 12.5. The summed E-state index contributed by atoms with van der Waals surface area (Å²) in [6.07, 6.45) is 0.893. The molecule has 0 bridgehead atoms. The van der Waals surface area contributed by atoms with E-state index in [1.54, 1.807) is 0 Å². The molecule has 0 spiro atoms. The van der Waals surface area contributed by atoms with Gasteiger partial charge in [0, 0.05) is 5.56 Å². The van der Waals surface area contributed by atoms with Crippen molar-refractivity contribution in [3.05, 3.63) is 27.2 Å². The zero-order valence-electron chi connectivity index (χ0n) is 9.47. The molecule has 0 saturated heterocycles. The number of aromatic hydroxyl groups is 1. The summed E-state index contributed by atoms with van der Waals surface area (Å²) in [4.78, 5) is 0. The zero-order valence-corrected chi connectivity index (χ0v) is 11.1. The van der Waals surface area contributed by atoms with E-state index in [2.05, 4.69) is 29.8 Å². The molecule has 0 saturated carbocycles. The third-order valence-electron chi connectivity index (χ3n) is 2.91. The molecule has 2 nitrogen and oxygen atoms in total. The van der Waals surface area contributed by atoms with Crippen LogP contribution in [0.25, 0.3) is 0 Å². The lowest BCUT2D eigenvalue weighted by molar-refractivity contribution is 0.456. The molecule has 0 aliphatic rings. The topological polar surface area (TPSA) is 46.2 Å². The number of hydrogen-bond acceptors (Lipinski definition) is 2. The Kier molecular flexibility index (Phi) is 4.17. The van der Waals surface area contributed by atoms with E-state index in [0.717, 1.165) is 22.0 Å². The molecule has 3 heteroatoms. The Morgan fingerprint density at radius 2 is 2.07 bits per heavy atom. The number of nitrogens with two attached hydrogens (primary N) is 1. The van der Waals surface area contributed by atoms with Crippen molar-refractivity contribution >= 4 is 15.9 Å². The van der Waals surface area contributed by atoms with E-state index in [4.69, 9.17) is 5.73 Å². The van der Waals surface area contributed by atoms with Crippen molar-refractivity contribution in [2.45, 2.75) is 33.1 Å². The van der Waals surface area contributed by atoms with Gasteiger partial charge in [-0.3, -0.25) is 0 Å². The minimum atomic E-state index is 0.297. The predicted octanol–water partition coefficient (Wildman–Crippen LogP) is 3.22. The molecule has 0 aromatic heterocycles. The molecule has 0 aliphatic carbocycles. The summed E-state index contributed by atoms with van der Waals surface area (Å²) in [5.41, 5.74) is 8.93. The summed E-state index contributed by atoms with van der Waals surface area (Å²) in [6, 6.07) is 1.95. The van der Waals surface area contributed by atoms with Gasteiger partial charge < -0.3 is 10.8 Å². The Balaban J connectivity index is 3.26. The fraction of sp³-hybridized carbons (Fsp3) is 0.500. The maximum Gasteiger partial charge on any atom is 0.133 e. The van der Waals surface area contributed by atoms with Gasteiger partial charge in [0.25, 0.3) is 0 Å². The zero-order chi connectivity index (χ0) is 11.6. The smallest absolute Gasteiger partial charge is 0.133 e. The standard InChI is InChI=1S/C12H18BrNO/c1-7(4-5-14)11-9(3)8(2)6-10(13)12(11)15/h6-7,15H,4-5,14H2,1-3H3. The van der Waals surface area contributed by atoms with E-state index in [-0.39, 0.29) is 0 Å². The first-order valence-corrected chi connectivity index (χ1v) is 5.97. The minimum absolute atomic E-state index is 0.297. The maximum absolute atomic E-state index is 10.0. The van der Waals surface area contributed by atoms with Crippen molar-refractivity contribution in [3.8, 4) is 5.75 Å². The van der Waals surface area contributed by atoms with Crippen LogP contribution in [0.5, 0.6) is 5.75 Å². The third kappa shape index (κ3) is 2.52. The molecule has 0 heterocycles. The van der Waals surface area contributed by atoms with Crippen LogP contribution in [0.3, 0.4) is 0 Å². The Hall–Kier alpha value is -0.540. The normalized spacial score (nSPS) is 12.9. The van der Waals surface area contributed by atoms with Crippen LogP contribution in [0, 0.1) is 13.8 Å². The molecule has 0 amide bonds. The first-order chi connectivity index (χ1) is 6.99. The number of rotatable bonds is 3. The van der Waals surface area contributed by atoms with Crippen molar-refractivity contribution in [2.24, 2.45) is 5.73 Å². The van der Waals surface area contributed by atoms with Crippen LogP contribution in [0.1, 0.15) is 36.0 Å².